The van der Waals surface area contributed by atoms with Crippen LogP contribution >= 0.6 is 11.6 Å². The van der Waals surface area contributed by atoms with Crippen molar-refractivity contribution in [1.82, 2.24) is 21.1 Å². The van der Waals surface area contributed by atoms with Gasteiger partial charge in [-0.2, -0.15) is 4.99 Å². The van der Waals surface area contributed by atoms with Gasteiger partial charge in [-0.25, -0.2) is 4.79 Å². The molecule has 0 unspecified atom stereocenters. The summed E-state index contributed by atoms with van der Waals surface area (Å²) in [4.78, 5) is 41.8. The molecule has 0 radical (unpaired) electrons. The quantitative estimate of drug-likeness (QED) is 0.131. The highest BCUT2D eigenvalue weighted by molar-refractivity contribution is 6.30. The number of hydrogen-bond acceptors (Lipinski definition) is 7. The molecule has 0 atom stereocenters. The van der Waals surface area contributed by atoms with E-state index in [4.69, 9.17) is 25.6 Å². The zero-order chi connectivity index (χ0) is 31.5. The number of amides is 3. The fraction of sp³-hybridized carbons (Fsp3) is 0.156. The number of nitrogens with zero attached hydrogens (tertiary/aromatic N) is 2. The molecule has 11 nitrogen and oxygen atoms in total. The first kappa shape index (κ1) is 31.5. The number of ether oxygens (including phenoxy) is 2. The maximum Gasteiger partial charge on any atom is 0.413 e. The summed E-state index contributed by atoms with van der Waals surface area (Å²) in [5.41, 5.74) is 3.39. The Kier molecular flexibility index (Phi) is 10.9. The third kappa shape index (κ3) is 8.79. The summed E-state index contributed by atoms with van der Waals surface area (Å²) in [5, 5.41) is 12.6. The lowest BCUT2D eigenvalue weighted by atomic mass is 10.1. The summed E-state index contributed by atoms with van der Waals surface area (Å²) in [5.74, 6) is -0.237. The van der Waals surface area contributed by atoms with Crippen molar-refractivity contribution in [2.75, 3.05) is 14.2 Å². The van der Waals surface area contributed by atoms with Crippen LogP contribution in [0.25, 0.3) is 17.3 Å². The van der Waals surface area contributed by atoms with Gasteiger partial charge < -0.3 is 24.6 Å². The Bertz CT molecular complexity index is 1680. The zero-order valence-electron chi connectivity index (χ0n) is 24.2. The predicted molar refractivity (Wildman–Crippen MR) is 166 cm³/mol. The number of guanidine groups is 1. The van der Waals surface area contributed by atoms with Crippen LogP contribution in [0.1, 0.15) is 32.8 Å². The molecule has 3 aromatic carbocycles. The number of carbonyl (C=O) groups excluding carboxylic acids is 3. The average Bonchev–Trinajstić information content (AvgIpc) is 3.43. The fourth-order valence-electron chi connectivity index (χ4n) is 4.08. The molecule has 226 valence electrons. The van der Waals surface area contributed by atoms with Crippen LogP contribution in [0.15, 0.2) is 88.4 Å². The SMILES string of the molecule is COC(=O)N/C(=N/C(=O)c1c(-c2ccc(OC)cc2)noc1C)NCc1cc(Cl)cc(CNC(=O)/C=C/c2ccccc2)c1. The molecular formula is C32H30ClN5O6. The molecule has 0 aliphatic rings. The van der Waals surface area contributed by atoms with Crippen molar-refractivity contribution in [2.45, 2.75) is 20.0 Å². The maximum absolute atomic E-state index is 13.3. The Morgan fingerprint density at radius 2 is 1.64 bits per heavy atom. The van der Waals surface area contributed by atoms with E-state index in [2.05, 4.69) is 26.1 Å². The second-order valence-electron chi connectivity index (χ2n) is 9.36. The van der Waals surface area contributed by atoms with Crippen molar-refractivity contribution >= 4 is 41.5 Å². The van der Waals surface area contributed by atoms with E-state index in [1.807, 2.05) is 36.4 Å². The van der Waals surface area contributed by atoms with E-state index in [1.165, 1.54) is 13.2 Å². The highest BCUT2D eigenvalue weighted by atomic mass is 35.5. The molecule has 1 aromatic heterocycles. The zero-order valence-corrected chi connectivity index (χ0v) is 25.0. The van der Waals surface area contributed by atoms with E-state index in [1.54, 1.807) is 56.5 Å². The number of halogens is 1. The summed E-state index contributed by atoms with van der Waals surface area (Å²) in [6.45, 7) is 1.94. The fourth-order valence-corrected chi connectivity index (χ4v) is 4.36. The smallest absolute Gasteiger partial charge is 0.413 e. The monoisotopic (exact) mass is 615 g/mol. The van der Waals surface area contributed by atoms with Crippen molar-refractivity contribution in [2.24, 2.45) is 4.99 Å². The molecule has 0 spiro atoms. The molecule has 0 saturated carbocycles. The Labute approximate surface area is 258 Å². The van der Waals surface area contributed by atoms with Gasteiger partial charge in [0.2, 0.25) is 11.9 Å². The lowest BCUT2D eigenvalue weighted by molar-refractivity contribution is -0.116. The largest absolute Gasteiger partial charge is 0.497 e. The highest BCUT2D eigenvalue weighted by Crippen LogP contribution is 2.27. The number of benzene rings is 3. The van der Waals surface area contributed by atoms with Gasteiger partial charge in [-0.05, 0) is 66.1 Å². The van der Waals surface area contributed by atoms with Gasteiger partial charge in [-0.3, -0.25) is 14.9 Å². The van der Waals surface area contributed by atoms with Gasteiger partial charge >= 0.3 is 6.09 Å². The molecule has 4 rings (SSSR count). The topological polar surface area (TPSA) is 144 Å². The van der Waals surface area contributed by atoms with Crippen molar-refractivity contribution in [1.29, 1.82) is 0 Å². The normalized spacial score (nSPS) is 11.2. The first-order chi connectivity index (χ1) is 21.2. The molecule has 3 N–H and O–H groups in total. The van der Waals surface area contributed by atoms with Crippen molar-refractivity contribution < 1.29 is 28.4 Å². The minimum Gasteiger partial charge on any atom is -0.497 e. The Balaban J connectivity index is 1.47. The molecule has 0 saturated heterocycles. The van der Waals surface area contributed by atoms with E-state index in [9.17, 15) is 14.4 Å². The summed E-state index contributed by atoms with van der Waals surface area (Å²) >= 11 is 6.34. The van der Waals surface area contributed by atoms with E-state index in [0.717, 1.165) is 11.1 Å². The van der Waals surface area contributed by atoms with Crippen molar-refractivity contribution in [3.8, 4) is 17.0 Å². The summed E-state index contributed by atoms with van der Waals surface area (Å²) < 4.78 is 15.2. The number of aryl methyl sites for hydroxylation is 1. The van der Waals surface area contributed by atoms with Gasteiger partial charge in [0.15, 0.2) is 0 Å². The molecule has 4 aromatic rings. The highest BCUT2D eigenvalue weighted by Gasteiger charge is 2.22. The minimum atomic E-state index is -0.834. The number of aliphatic imine (C=N–C) groups is 1. The molecule has 0 fully saturated rings. The van der Waals surface area contributed by atoms with Gasteiger partial charge in [0.1, 0.15) is 22.8 Å². The number of methoxy groups -OCH3 is 2. The van der Waals surface area contributed by atoms with E-state index in [0.29, 0.717) is 21.9 Å². The number of alkyl carbamates (subject to hydrolysis) is 1. The van der Waals surface area contributed by atoms with Crippen LogP contribution in [0.3, 0.4) is 0 Å². The molecular weight excluding hydrogens is 586 g/mol. The molecule has 1 heterocycles. The van der Waals surface area contributed by atoms with Crippen LogP contribution < -0.4 is 20.7 Å². The van der Waals surface area contributed by atoms with Crippen LogP contribution in [0, 0.1) is 6.92 Å². The van der Waals surface area contributed by atoms with E-state index in [-0.39, 0.29) is 42.0 Å². The Hall–Kier alpha value is -5.42. The van der Waals surface area contributed by atoms with Crippen LogP contribution in [0.4, 0.5) is 4.79 Å². The third-order valence-corrected chi connectivity index (χ3v) is 6.45. The molecule has 12 heteroatoms. The van der Waals surface area contributed by atoms with E-state index < -0.39 is 12.0 Å². The summed E-state index contributed by atoms with van der Waals surface area (Å²) in [7, 11) is 2.74. The van der Waals surface area contributed by atoms with Crippen molar-refractivity contribution in [3.63, 3.8) is 0 Å². The Morgan fingerprint density at radius 1 is 0.955 bits per heavy atom. The number of rotatable bonds is 9. The summed E-state index contributed by atoms with van der Waals surface area (Å²) in [6.07, 6.45) is 2.34. The standard InChI is InChI=1S/C32H30ClN5O6/c1-20-28(29(38-44-20)24-10-12-26(42-2)13-11-24)30(40)36-31(37-32(41)43-3)35-19-23-15-22(16-25(33)17-23)18-34-27(39)14-9-21-7-5-4-6-8-21/h4-17H,18-19H2,1-3H3,(H,34,39)(H2,35,36,37,40,41)/b14-9+. The summed E-state index contributed by atoms with van der Waals surface area (Å²) in [6, 6.07) is 21.7. The molecule has 0 aliphatic carbocycles. The molecule has 0 bridgehead atoms. The molecule has 44 heavy (non-hydrogen) atoms. The van der Waals surface area contributed by atoms with Crippen LogP contribution in [0.2, 0.25) is 5.02 Å². The molecule has 3 amide bonds. The lowest BCUT2D eigenvalue weighted by Crippen LogP contribution is -2.41. The van der Waals surface area contributed by atoms with Crippen LogP contribution in [0.5, 0.6) is 5.75 Å². The maximum atomic E-state index is 13.3. The number of hydrogen-bond donors (Lipinski definition) is 3. The third-order valence-electron chi connectivity index (χ3n) is 6.23. The van der Waals surface area contributed by atoms with E-state index >= 15 is 0 Å². The average molecular weight is 616 g/mol. The van der Waals surface area contributed by atoms with Gasteiger partial charge in [-0.15, -0.1) is 0 Å². The van der Waals surface area contributed by atoms with Gasteiger partial charge in [0.25, 0.3) is 5.91 Å². The predicted octanol–water partition coefficient (Wildman–Crippen LogP) is 5.28. The van der Waals surface area contributed by atoms with Crippen molar-refractivity contribution in [3.05, 3.63) is 112 Å². The minimum absolute atomic E-state index is 0.124. The first-order valence-corrected chi connectivity index (χ1v) is 13.8. The van der Waals surface area contributed by atoms with Gasteiger partial charge in [0.05, 0.1) is 14.2 Å². The lowest BCUT2D eigenvalue weighted by Gasteiger charge is -2.12. The van der Waals surface area contributed by atoms with Gasteiger partial charge in [0, 0.05) is 29.8 Å². The second kappa shape index (κ2) is 15.2. The Morgan fingerprint density at radius 3 is 2.30 bits per heavy atom. The number of nitrogens with one attached hydrogen (secondary N) is 3. The van der Waals surface area contributed by atoms with Crippen LogP contribution in [-0.2, 0) is 22.6 Å². The first-order valence-electron chi connectivity index (χ1n) is 13.4. The number of aromatic nitrogens is 1. The number of carbonyl (C=O) groups is 3. The van der Waals surface area contributed by atoms with Gasteiger partial charge in [-0.1, -0.05) is 53.2 Å². The second-order valence-corrected chi connectivity index (χ2v) is 9.79. The molecule has 0 aliphatic heterocycles. The van der Waals surface area contributed by atoms with Crippen LogP contribution in [-0.4, -0.2) is 43.2 Å².